The largest absolute Gasteiger partial charge is 0.417 e. The molecule has 5 nitrogen and oxygen atoms in total. The van der Waals surface area contributed by atoms with Crippen LogP contribution < -0.4 is 16.4 Å². The summed E-state index contributed by atoms with van der Waals surface area (Å²) >= 11 is 0. The van der Waals surface area contributed by atoms with Crippen molar-refractivity contribution in [2.45, 2.75) is 0 Å². The lowest BCUT2D eigenvalue weighted by Gasteiger charge is -2.04. The van der Waals surface area contributed by atoms with Gasteiger partial charge in [0.05, 0.1) is 5.52 Å². The van der Waals surface area contributed by atoms with Crippen LogP contribution >= 0.6 is 0 Å². The van der Waals surface area contributed by atoms with Gasteiger partial charge in [0.25, 0.3) is 0 Å². The predicted molar refractivity (Wildman–Crippen MR) is 59.3 cm³/mol. The lowest BCUT2D eigenvalue weighted by Crippen LogP contribution is -2.17. The zero-order valence-electron chi connectivity index (χ0n) is 8.46. The summed E-state index contributed by atoms with van der Waals surface area (Å²) < 4.78 is 4.95. The molecule has 0 spiro atoms. The fraction of sp³-hybridized carbons (Fsp3) is 0.300. The summed E-state index contributed by atoms with van der Waals surface area (Å²) in [4.78, 5) is 13.5. The Bertz CT molecular complexity index is 501. The second kappa shape index (κ2) is 4.18. The Labute approximate surface area is 86.5 Å². The van der Waals surface area contributed by atoms with E-state index in [1.807, 2.05) is 25.2 Å². The van der Waals surface area contributed by atoms with Gasteiger partial charge in [-0.05, 0) is 19.2 Å². The topological polar surface area (TPSA) is 70.1 Å². The van der Waals surface area contributed by atoms with Crippen LogP contribution in [0.4, 0.5) is 5.69 Å². The van der Waals surface area contributed by atoms with Crippen LogP contribution in [0.5, 0.6) is 0 Å². The Balaban J connectivity index is 2.19. The molecule has 15 heavy (non-hydrogen) atoms. The second-order valence-corrected chi connectivity index (χ2v) is 3.26. The summed E-state index contributed by atoms with van der Waals surface area (Å²) in [6, 6.07) is 5.54. The van der Waals surface area contributed by atoms with E-state index in [0.29, 0.717) is 5.58 Å². The van der Waals surface area contributed by atoms with Crippen LogP contribution in [0.3, 0.4) is 0 Å². The summed E-state index contributed by atoms with van der Waals surface area (Å²) in [6.07, 6.45) is 0. The SMILES string of the molecule is CNCCNc1ccc2[nH]c(=O)oc2c1. The van der Waals surface area contributed by atoms with Gasteiger partial charge in [-0.25, -0.2) is 4.79 Å². The molecule has 1 heterocycles. The van der Waals surface area contributed by atoms with E-state index in [2.05, 4.69) is 15.6 Å². The highest BCUT2D eigenvalue weighted by Gasteiger charge is 2.01. The van der Waals surface area contributed by atoms with Gasteiger partial charge in [0.2, 0.25) is 0 Å². The molecule has 80 valence electrons. The number of oxazole rings is 1. The van der Waals surface area contributed by atoms with Gasteiger partial charge in [0.15, 0.2) is 5.58 Å². The minimum absolute atomic E-state index is 0.419. The first-order valence-electron chi connectivity index (χ1n) is 4.81. The zero-order valence-corrected chi connectivity index (χ0v) is 8.46. The summed E-state index contributed by atoms with van der Waals surface area (Å²) in [6.45, 7) is 1.71. The van der Waals surface area contributed by atoms with Crippen LogP contribution in [-0.2, 0) is 0 Å². The molecular formula is C10H13N3O2. The number of likely N-dealkylation sites (N-methyl/N-ethyl adjacent to an activating group) is 1. The molecule has 0 amide bonds. The third-order valence-electron chi connectivity index (χ3n) is 2.13. The van der Waals surface area contributed by atoms with E-state index in [1.165, 1.54) is 0 Å². The van der Waals surface area contributed by atoms with Crippen LogP contribution in [0.25, 0.3) is 11.1 Å². The van der Waals surface area contributed by atoms with Crippen LogP contribution in [0.15, 0.2) is 27.4 Å². The smallest absolute Gasteiger partial charge is 0.408 e. The van der Waals surface area contributed by atoms with Crippen molar-refractivity contribution in [3.8, 4) is 0 Å². The molecule has 0 bridgehead atoms. The second-order valence-electron chi connectivity index (χ2n) is 3.26. The molecule has 3 N–H and O–H groups in total. The maximum Gasteiger partial charge on any atom is 0.417 e. The van der Waals surface area contributed by atoms with Crippen molar-refractivity contribution in [1.82, 2.24) is 10.3 Å². The molecule has 0 fully saturated rings. The van der Waals surface area contributed by atoms with E-state index in [-0.39, 0.29) is 0 Å². The number of hydrogen-bond acceptors (Lipinski definition) is 4. The molecule has 0 aliphatic rings. The molecule has 0 atom stereocenters. The number of H-pyrrole nitrogens is 1. The summed E-state index contributed by atoms with van der Waals surface area (Å²) in [5.41, 5.74) is 2.24. The van der Waals surface area contributed by atoms with Gasteiger partial charge < -0.3 is 15.1 Å². The Morgan fingerprint density at radius 3 is 3.07 bits per heavy atom. The van der Waals surface area contributed by atoms with Crippen molar-refractivity contribution in [1.29, 1.82) is 0 Å². The van der Waals surface area contributed by atoms with Crippen molar-refractivity contribution in [2.75, 3.05) is 25.5 Å². The van der Waals surface area contributed by atoms with Gasteiger partial charge in [0.1, 0.15) is 0 Å². The molecule has 0 aliphatic heterocycles. The van der Waals surface area contributed by atoms with Gasteiger partial charge in [-0.1, -0.05) is 0 Å². The molecule has 2 rings (SSSR count). The number of rotatable bonds is 4. The number of aromatic nitrogens is 1. The lowest BCUT2D eigenvalue weighted by molar-refractivity contribution is 0.555. The van der Waals surface area contributed by atoms with E-state index in [4.69, 9.17) is 4.42 Å². The first-order chi connectivity index (χ1) is 7.29. The van der Waals surface area contributed by atoms with Crippen LogP contribution in [-0.4, -0.2) is 25.1 Å². The van der Waals surface area contributed by atoms with E-state index in [9.17, 15) is 4.79 Å². The van der Waals surface area contributed by atoms with Gasteiger partial charge in [-0.15, -0.1) is 0 Å². The number of benzene rings is 1. The van der Waals surface area contributed by atoms with Crippen LogP contribution in [0.1, 0.15) is 0 Å². The maximum absolute atomic E-state index is 10.9. The van der Waals surface area contributed by atoms with Crippen molar-refractivity contribution >= 4 is 16.8 Å². The normalized spacial score (nSPS) is 10.7. The quantitative estimate of drug-likeness (QED) is 0.647. The highest BCUT2D eigenvalue weighted by molar-refractivity contribution is 5.76. The van der Waals surface area contributed by atoms with Crippen molar-refractivity contribution in [3.05, 3.63) is 28.7 Å². The van der Waals surface area contributed by atoms with Crippen LogP contribution in [0, 0.1) is 0 Å². The van der Waals surface area contributed by atoms with Gasteiger partial charge in [0, 0.05) is 24.8 Å². The van der Waals surface area contributed by atoms with Gasteiger partial charge >= 0.3 is 5.76 Å². The molecule has 0 saturated carbocycles. The van der Waals surface area contributed by atoms with Gasteiger partial charge in [-0.3, -0.25) is 4.98 Å². The zero-order chi connectivity index (χ0) is 10.7. The van der Waals surface area contributed by atoms with Crippen molar-refractivity contribution in [2.24, 2.45) is 0 Å². The summed E-state index contributed by atoms with van der Waals surface area (Å²) in [5, 5.41) is 6.25. The Morgan fingerprint density at radius 2 is 2.27 bits per heavy atom. The average molecular weight is 207 g/mol. The third-order valence-corrected chi connectivity index (χ3v) is 2.13. The van der Waals surface area contributed by atoms with E-state index in [1.54, 1.807) is 0 Å². The Morgan fingerprint density at radius 1 is 1.40 bits per heavy atom. The molecule has 0 radical (unpaired) electrons. The van der Waals surface area contributed by atoms with Gasteiger partial charge in [-0.2, -0.15) is 0 Å². The number of anilines is 1. The minimum atomic E-state index is -0.419. The van der Waals surface area contributed by atoms with Crippen molar-refractivity contribution in [3.63, 3.8) is 0 Å². The number of aromatic amines is 1. The molecule has 1 aromatic heterocycles. The van der Waals surface area contributed by atoms with Crippen molar-refractivity contribution < 1.29 is 4.42 Å². The fourth-order valence-corrected chi connectivity index (χ4v) is 1.39. The first kappa shape index (κ1) is 9.79. The summed E-state index contributed by atoms with van der Waals surface area (Å²) in [7, 11) is 1.90. The predicted octanol–water partition coefficient (Wildman–Crippen LogP) is 0.752. The number of nitrogens with one attached hydrogen (secondary N) is 3. The minimum Gasteiger partial charge on any atom is -0.408 e. The standard InChI is InChI=1S/C10H13N3O2/c1-11-4-5-12-7-2-3-8-9(6-7)15-10(14)13-8/h2-3,6,11-12H,4-5H2,1H3,(H,13,14). The molecule has 5 heteroatoms. The highest BCUT2D eigenvalue weighted by Crippen LogP contribution is 2.15. The van der Waals surface area contributed by atoms with E-state index < -0.39 is 5.76 Å². The number of fused-ring (bicyclic) bond motifs is 1. The van der Waals surface area contributed by atoms with E-state index in [0.717, 1.165) is 24.3 Å². The Hall–Kier alpha value is -1.75. The molecular weight excluding hydrogens is 194 g/mol. The summed E-state index contributed by atoms with van der Waals surface area (Å²) in [5.74, 6) is -0.419. The molecule has 0 saturated heterocycles. The maximum atomic E-state index is 10.9. The molecule has 2 aromatic rings. The molecule has 0 unspecified atom stereocenters. The highest BCUT2D eigenvalue weighted by atomic mass is 16.4. The van der Waals surface area contributed by atoms with E-state index >= 15 is 0 Å². The average Bonchev–Trinajstić information content (AvgIpc) is 2.57. The number of hydrogen-bond donors (Lipinski definition) is 3. The Kier molecular flexibility index (Phi) is 2.73. The van der Waals surface area contributed by atoms with Crippen LogP contribution in [0.2, 0.25) is 0 Å². The molecule has 0 aliphatic carbocycles. The lowest BCUT2D eigenvalue weighted by atomic mass is 10.3. The third kappa shape index (κ3) is 2.19. The first-order valence-corrected chi connectivity index (χ1v) is 4.81. The molecule has 1 aromatic carbocycles. The fourth-order valence-electron chi connectivity index (χ4n) is 1.39. The monoisotopic (exact) mass is 207 g/mol.